The smallest absolute Gasteiger partial charge is 0.246 e. The highest BCUT2D eigenvalue weighted by molar-refractivity contribution is 6.35. The number of nitrogens with zero attached hydrogens (tertiary/aromatic N) is 1. The average Bonchev–Trinajstić information content (AvgIpc) is 2.82. The van der Waals surface area contributed by atoms with Gasteiger partial charge in [-0.25, -0.2) is 0 Å². The number of likely N-dealkylation sites (tertiary alicyclic amines) is 1. The van der Waals surface area contributed by atoms with Crippen molar-refractivity contribution in [1.82, 2.24) is 4.90 Å². The summed E-state index contributed by atoms with van der Waals surface area (Å²) >= 11 is 12.4. The summed E-state index contributed by atoms with van der Waals surface area (Å²) in [6.07, 6.45) is 8.07. The molecule has 1 N–H and O–H groups in total. The van der Waals surface area contributed by atoms with Crippen molar-refractivity contribution in [2.75, 3.05) is 20.2 Å². The lowest BCUT2D eigenvalue weighted by molar-refractivity contribution is -0.138. The Morgan fingerprint density at radius 3 is 2.73 bits per heavy atom. The summed E-state index contributed by atoms with van der Waals surface area (Å²) in [7, 11) is 1.57. The molecule has 2 fully saturated rings. The maximum atomic E-state index is 12.8. The van der Waals surface area contributed by atoms with Crippen LogP contribution in [-0.4, -0.2) is 41.7 Å². The highest BCUT2D eigenvalue weighted by Gasteiger charge is 2.43. The van der Waals surface area contributed by atoms with Gasteiger partial charge in [-0.2, -0.15) is 0 Å². The third-order valence-corrected chi connectivity index (χ3v) is 7.49. The number of halogens is 2. The van der Waals surface area contributed by atoms with Gasteiger partial charge in [-0.1, -0.05) is 48.2 Å². The van der Waals surface area contributed by atoms with Crippen molar-refractivity contribution < 1.29 is 19.4 Å². The van der Waals surface area contributed by atoms with Crippen LogP contribution < -0.4 is 9.47 Å². The maximum absolute atomic E-state index is 12.8. The first-order chi connectivity index (χ1) is 15.9. The van der Waals surface area contributed by atoms with E-state index in [0.29, 0.717) is 46.6 Å². The van der Waals surface area contributed by atoms with Crippen molar-refractivity contribution in [3.05, 3.63) is 63.6 Å². The molecule has 4 rings (SSSR count). The molecular weight excluding hydrogens is 461 g/mol. The molecular formula is C26H29Cl2NO4. The standard InChI is InChI=1S/C26H29Cl2NO4/c1-32-24-15-18(8-10-23(24)33-17-20-21(27)6-4-7-22(20)28)9-11-25(30)29-14-13-26(31)12-3-2-5-19(26)16-29/h4,6-11,15,19,31H,2-3,5,12-14,16-17H2,1H3/b11-9+/t19-,26+/m0/s1. The lowest BCUT2D eigenvalue weighted by atomic mass is 9.71. The van der Waals surface area contributed by atoms with E-state index in [1.807, 2.05) is 17.0 Å². The molecule has 5 nitrogen and oxygen atoms in total. The minimum Gasteiger partial charge on any atom is -0.493 e. The zero-order valence-corrected chi connectivity index (χ0v) is 20.2. The van der Waals surface area contributed by atoms with Crippen LogP contribution in [0.25, 0.3) is 6.08 Å². The topological polar surface area (TPSA) is 59.0 Å². The zero-order chi connectivity index (χ0) is 23.4. The molecule has 1 amide bonds. The Balaban J connectivity index is 1.39. The summed E-state index contributed by atoms with van der Waals surface area (Å²) in [6, 6.07) is 10.8. The van der Waals surface area contributed by atoms with Gasteiger partial charge < -0.3 is 19.5 Å². The van der Waals surface area contributed by atoms with E-state index in [2.05, 4.69) is 0 Å². The highest BCUT2D eigenvalue weighted by Crippen LogP contribution is 2.40. The number of fused-ring (bicyclic) bond motifs is 1. The van der Waals surface area contributed by atoms with Crippen LogP contribution in [0.3, 0.4) is 0 Å². The first-order valence-corrected chi connectivity index (χ1v) is 12.1. The molecule has 1 heterocycles. The van der Waals surface area contributed by atoms with Crippen LogP contribution >= 0.6 is 23.2 Å². The lowest BCUT2D eigenvalue weighted by Gasteiger charge is -2.47. The molecule has 33 heavy (non-hydrogen) atoms. The fourth-order valence-corrected chi connectivity index (χ4v) is 5.28. The molecule has 1 aliphatic carbocycles. The Bertz CT molecular complexity index is 1020. The third-order valence-electron chi connectivity index (χ3n) is 6.78. The Labute approximate surface area is 204 Å². The van der Waals surface area contributed by atoms with E-state index in [9.17, 15) is 9.90 Å². The third kappa shape index (κ3) is 5.48. The van der Waals surface area contributed by atoms with Crippen LogP contribution in [0.4, 0.5) is 0 Å². The normalized spacial score (nSPS) is 22.8. The molecule has 1 saturated heterocycles. The van der Waals surface area contributed by atoms with Crippen molar-refractivity contribution >= 4 is 35.2 Å². The van der Waals surface area contributed by atoms with E-state index in [-0.39, 0.29) is 18.4 Å². The van der Waals surface area contributed by atoms with E-state index >= 15 is 0 Å². The van der Waals surface area contributed by atoms with Gasteiger partial charge in [-0.3, -0.25) is 4.79 Å². The summed E-state index contributed by atoms with van der Waals surface area (Å²) in [5.74, 6) is 1.26. The van der Waals surface area contributed by atoms with E-state index in [1.54, 1.807) is 43.5 Å². The summed E-state index contributed by atoms with van der Waals surface area (Å²) in [5, 5.41) is 11.9. The first-order valence-electron chi connectivity index (χ1n) is 11.3. The SMILES string of the molecule is COc1cc(/C=C/C(=O)N2CC[C@]3(O)CCCC[C@H]3C2)ccc1OCc1c(Cl)cccc1Cl. The quantitative estimate of drug-likeness (QED) is 0.524. The number of aliphatic hydroxyl groups is 1. The van der Waals surface area contributed by atoms with Gasteiger partial charge in [0.25, 0.3) is 0 Å². The van der Waals surface area contributed by atoms with Gasteiger partial charge in [-0.05, 0) is 55.2 Å². The molecule has 2 aromatic carbocycles. The monoisotopic (exact) mass is 489 g/mol. The lowest BCUT2D eigenvalue weighted by Crippen LogP contribution is -2.54. The Kier molecular flexibility index (Phi) is 7.52. The number of carbonyl (C=O) groups is 1. The van der Waals surface area contributed by atoms with Crippen LogP contribution in [0.2, 0.25) is 10.0 Å². The average molecular weight is 490 g/mol. The number of methoxy groups -OCH3 is 1. The van der Waals surface area contributed by atoms with Crippen LogP contribution in [0.1, 0.15) is 43.2 Å². The zero-order valence-electron chi connectivity index (χ0n) is 18.7. The van der Waals surface area contributed by atoms with Crippen molar-refractivity contribution in [1.29, 1.82) is 0 Å². The number of hydrogen-bond donors (Lipinski definition) is 1. The number of ether oxygens (including phenoxy) is 2. The second-order valence-corrected chi connectivity index (χ2v) is 9.63. The van der Waals surface area contributed by atoms with E-state index in [0.717, 1.165) is 31.2 Å². The number of carbonyl (C=O) groups excluding carboxylic acids is 1. The Hall–Kier alpha value is -2.21. The molecule has 1 saturated carbocycles. The second kappa shape index (κ2) is 10.4. The number of rotatable bonds is 6. The van der Waals surface area contributed by atoms with E-state index < -0.39 is 5.60 Å². The van der Waals surface area contributed by atoms with Gasteiger partial charge in [0.1, 0.15) is 6.61 Å². The van der Waals surface area contributed by atoms with Crippen molar-refractivity contribution in [2.45, 2.75) is 44.3 Å². The largest absolute Gasteiger partial charge is 0.493 e. The summed E-state index contributed by atoms with van der Waals surface area (Å²) in [5.41, 5.74) is 0.953. The fraction of sp³-hybridized carbons (Fsp3) is 0.423. The van der Waals surface area contributed by atoms with Gasteiger partial charge in [-0.15, -0.1) is 0 Å². The number of benzene rings is 2. The molecule has 176 valence electrons. The van der Waals surface area contributed by atoms with Gasteiger partial charge in [0.2, 0.25) is 5.91 Å². The predicted octanol–water partition coefficient (Wildman–Crippen LogP) is 5.75. The second-order valence-electron chi connectivity index (χ2n) is 8.81. The number of hydrogen-bond acceptors (Lipinski definition) is 4. The summed E-state index contributed by atoms with van der Waals surface area (Å²) < 4.78 is 11.4. The fourth-order valence-electron chi connectivity index (χ4n) is 4.77. The van der Waals surface area contributed by atoms with Gasteiger partial charge in [0, 0.05) is 40.7 Å². The molecule has 7 heteroatoms. The molecule has 0 aromatic heterocycles. The Morgan fingerprint density at radius 1 is 1.18 bits per heavy atom. The highest BCUT2D eigenvalue weighted by atomic mass is 35.5. The predicted molar refractivity (Wildman–Crippen MR) is 131 cm³/mol. The molecule has 2 aliphatic rings. The van der Waals surface area contributed by atoms with Crippen molar-refractivity contribution in [3.63, 3.8) is 0 Å². The van der Waals surface area contributed by atoms with Crippen LogP contribution in [-0.2, 0) is 11.4 Å². The minimum atomic E-state index is -0.587. The summed E-state index contributed by atoms with van der Waals surface area (Å²) in [6.45, 7) is 1.43. The molecule has 1 aliphatic heterocycles. The molecule has 2 atom stereocenters. The number of amides is 1. The van der Waals surface area contributed by atoms with Gasteiger partial charge in [0.05, 0.1) is 12.7 Å². The van der Waals surface area contributed by atoms with Crippen LogP contribution in [0.5, 0.6) is 11.5 Å². The van der Waals surface area contributed by atoms with Crippen molar-refractivity contribution in [3.8, 4) is 11.5 Å². The van der Waals surface area contributed by atoms with Gasteiger partial charge >= 0.3 is 0 Å². The molecule has 0 spiro atoms. The van der Waals surface area contributed by atoms with E-state index in [4.69, 9.17) is 32.7 Å². The molecule has 0 radical (unpaired) electrons. The molecule has 0 bridgehead atoms. The molecule has 2 aromatic rings. The van der Waals surface area contributed by atoms with Crippen molar-refractivity contribution in [2.24, 2.45) is 5.92 Å². The summed E-state index contributed by atoms with van der Waals surface area (Å²) in [4.78, 5) is 14.6. The van der Waals surface area contributed by atoms with E-state index in [1.165, 1.54) is 0 Å². The maximum Gasteiger partial charge on any atom is 0.246 e. The first kappa shape index (κ1) is 23.9. The van der Waals surface area contributed by atoms with Crippen LogP contribution in [0, 0.1) is 5.92 Å². The van der Waals surface area contributed by atoms with Crippen LogP contribution in [0.15, 0.2) is 42.5 Å². The minimum absolute atomic E-state index is 0.0321. The molecule has 0 unspecified atom stereocenters. The number of piperidine rings is 1. The Morgan fingerprint density at radius 2 is 1.97 bits per heavy atom. The van der Waals surface area contributed by atoms with Gasteiger partial charge in [0.15, 0.2) is 11.5 Å².